The van der Waals surface area contributed by atoms with Crippen LogP contribution in [0.15, 0.2) is 46.5 Å². The normalized spacial score (nSPS) is 15.1. The van der Waals surface area contributed by atoms with E-state index in [9.17, 15) is 4.79 Å². The maximum absolute atomic E-state index is 11.1. The van der Waals surface area contributed by atoms with Crippen molar-refractivity contribution in [2.24, 2.45) is 16.7 Å². The van der Waals surface area contributed by atoms with Gasteiger partial charge in [-0.05, 0) is 31.5 Å². The number of aromatic carboxylic acids is 1. The van der Waals surface area contributed by atoms with Crippen LogP contribution in [0.4, 0.5) is 5.69 Å². The number of nitrogens with two attached hydrogens (primary N) is 2. The minimum atomic E-state index is -1.000. The maximum atomic E-state index is 11.1. The summed E-state index contributed by atoms with van der Waals surface area (Å²) in [6.45, 7) is 3.79. The Morgan fingerprint density at radius 2 is 2.13 bits per heavy atom. The van der Waals surface area contributed by atoms with E-state index in [2.05, 4.69) is 5.10 Å². The number of benzene rings is 1. The minimum absolute atomic E-state index is 0.174. The number of allylic oxidation sites excluding steroid dienone is 2. The molecule has 0 fully saturated rings. The van der Waals surface area contributed by atoms with Crippen LogP contribution in [0.3, 0.4) is 0 Å². The van der Waals surface area contributed by atoms with Crippen molar-refractivity contribution in [3.05, 3.63) is 52.5 Å². The van der Waals surface area contributed by atoms with E-state index in [4.69, 9.17) is 16.7 Å². The first-order valence-corrected chi connectivity index (χ1v) is 7.12. The molecule has 0 amide bonds. The Hall–Kier alpha value is -2.80. The van der Waals surface area contributed by atoms with Gasteiger partial charge in [0.15, 0.2) is 0 Å². The molecular weight excluding hydrogens is 294 g/mol. The van der Waals surface area contributed by atoms with Gasteiger partial charge in [-0.25, -0.2) is 10.6 Å². The molecule has 1 aliphatic heterocycles. The monoisotopic (exact) mass is 315 g/mol. The van der Waals surface area contributed by atoms with E-state index in [0.29, 0.717) is 17.8 Å². The zero-order valence-corrected chi connectivity index (χ0v) is 13.4. The largest absolute Gasteiger partial charge is 0.478 e. The number of anilines is 1. The molecule has 7 nitrogen and oxygen atoms in total. The first-order valence-electron chi connectivity index (χ1n) is 7.12. The highest BCUT2D eigenvalue weighted by atomic mass is 16.4. The highest BCUT2D eigenvalue weighted by Gasteiger charge is 2.14. The molecule has 0 saturated heterocycles. The summed E-state index contributed by atoms with van der Waals surface area (Å²) in [7, 11) is 1.85. The zero-order valence-electron chi connectivity index (χ0n) is 13.4. The number of nitrogens with zero attached hydrogens (tertiary/aromatic N) is 3. The van der Waals surface area contributed by atoms with Crippen LogP contribution < -0.4 is 16.6 Å². The lowest BCUT2D eigenvalue weighted by Gasteiger charge is -2.24. The van der Waals surface area contributed by atoms with Crippen LogP contribution >= 0.6 is 0 Å². The van der Waals surface area contributed by atoms with Crippen molar-refractivity contribution in [1.82, 2.24) is 5.01 Å². The van der Waals surface area contributed by atoms with Gasteiger partial charge >= 0.3 is 5.97 Å². The highest BCUT2D eigenvalue weighted by Crippen LogP contribution is 2.24. The van der Waals surface area contributed by atoms with Crippen LogP contribution in [0.25, 0.3) is 0 Å². The minimum Gasteiger partial charge on any atom is -0.478 e. The number of hydrogen-bond acceptors (Lipinski definition) is 6. The summed E-state index contributed by atoms with van der Waals surface area (Å²) in [5, 5.41) is 16.4. The summed E-state index contributed by atoms with van der Waals surface area (Å²) in [5.41, 5.74) is 10.2. The third-order valence-corrected chi connectivity index (χ3v) is 3.83. The van der Waals surface area contributed by atoms with Gasteiger partial charge < -0.3 is 10.8 Å². The van der Waals surface area contributed by atoms with E-state index in [1.165, 1.54) is 11.1 Å². The summed E-state index contributed by atoms with van der Waals surface area (Å²) >= 11 is 0. The van der Waals surface area contributed by atoms with Crippen LogP contribution in [-0.2, 0) is 0 Å². The number of carboxylic acids is 1. The molecule has 1 heterocycles. The molecule has 0 aromatic heterocycles. The zero-order chi connectivity index (χ0) is 17.1. The van der Waals surface area contributed by atoms with E-state index < -0.39 is 5.97 Å². The predicted molar refractivity (Wildman–Crippen MR) is 90.6 cm³/mol. The molecule has 23 heavy (non-hydrogen) atoms. The fraction of sp³-hybridized carbons (Fsp3) is 0.250. The topological polar surface area (TPSA) is 108 Å². The van der Waals surface area contributed by atoms with E-state index in [1.54, 1.807) is 29.6 Å². The van der Waals surface area contributed by atoms with E-state index >= 15 is 0 Å². The predicted octanol–water partition coefficient (Wildman–Crippen LogP) is 1.77. The van der Waals surface area contributed by atoms with E-state index in [0.717, 1.165) is 16.8 Å². The van der Waals surface area contributed by atoms with Crippen molar-refractivity contribution in [3.63, 3.8) is 0 Å². The molecule has 0 aliphatic carbocycles. The lowest BCUT2D eigenvalue weighted by atomic mass is 10.1. The molecule has 1 aliphatic rings. The van der Waals surface area contributed by atoms with Crippen LogP contribution in [0, 0.1) is 6.92 Å². The molecule has 1 aromatic carbocycles. The van der Waals surface area contributed by atoms with Crippen molar-refractivity contribution in [2.75, 3.05) is 12.1 Å². The van der Waals surface area contributed by atoms with Gasteiger partial charge in [0.05, 0.1) is 16.9 Å². The Morgan fingerprint density at radius 1 is 1.43 bits per heavy atom. The summed E-state index contributed by atoms with van der Waals surface area (Å²) in [4.78, 5) is 11.1. The first-order chi connectivity index (χ1) is 10.8. The maximum Gasteiger partial charge on any atom is 0.335 e. The number of carbonyl (C=O) groups is 1. The second kappa shape index (κ2) is 6.53. The molecule has 5 N–H and O–H groups in total. The third kappa shape index (κ3) is 3.51. The highest BCUT2D eigenvalue weighted by molar-refractivity contribution is 5.89. The summed E-state index contributed by atoms with van der Waals surface area (Å²) in [5.74, 6) is 5.07. The van der Waals surface area contributed by atoms with Gasteiger partial charge in [0.1, 0.15) is 0 Å². The van der Waals surface area contributed by atoms with Crippen LogP contribution in [-0.4, -0.2) is 29.3 Å². The van der Waals surface area contributed by atoms with Gasteiger partial charge in [0.25, 0.3) is 0 Å². The number of aryl methyl sites for hydroxylation is 1. The Balaban J connectivity index is 2.34. The van der Waals surface area contributed by atoms with E-state index in [1.807, 2.05) is 20.9 Å². The lowest BCUT2D eigenvalue weighted by molar-refractivity contribution is 0.0697. The van der Waals surface area contributed by atoms with Gasteiger partial charge in [-0.2, -0.15) is 5.10 Å². The van der Waals surface area contributed by atoms with Crippen molar-refractivity contribution < 1.29 is 9.90 Å². The number of carboxylic acid groups (broad SMARTS) is 1. The second-order valence-corrected chi connectivity index (χ2v) is 5.39. The summed E-state index contributed by atoms with van der Waals surface area (Å²) in [6, 6.07) is 4.78. The van der Waals surface area contributed by atoms with Gasteiger partial charge in [0.2, 0.25) is 0 Å². The van der Waals surface area contributed by atoms with Gasteiger partial charge in [-0.3, -0.25) is 10.0 Å². The molecular formula is C16H21N5O2. The number of hydrazone groups is 1. The van der Waals surface area contributed by atoms with Crippen molar-refractivity contribution in [2.45, 2.75) is 20.3 Å². The molecule has 0 bridgehead atoms. The van der Waals surface area contributed by atoms with Crippen molar-refractivity contribution >= 4 is 17.9 Å². The SMILES string of the molecule is CC1=C(/C(N)=C/N(N)c2cc(C(=O)O)ccc2C)CC=NN1C. The molecule has 7 heteroatoms. The lowest BCUT2D eigenvalue weighted by Crippen LogP contribution is -2.28. The molecule has 122 valence electrons. The number of rotatable bonds is 4. The van der Waals surface area contributed by atoms with Gasteiger partial charge in [-0.15, -0.1) is 0 Å². The Kier molecular flexibility index (Phi) is 4.71. The average molecular weight is 315 g/mol. The molecule has 0 atom stereocenters. The van der Waals surface area contributed by atoms with Crippen LogP contribution in [0.2, 0.25) is 0 Å². The number of hydrazine groups is 1. The molecule has 0 saturated carbocycles. The smallest absolute Gasteiger partial charge is 0.335 e. The molecule has 2 rings (SSSR count). The van der Waals surface area contributed by atoms with Crippen LogP contribution in [0.5, 0.6) is 0 Å². The Labute approximate surface area is 135 Å². The average Bonchev–Trinajstić information content (AvgIpc) is 2.49. The molecule has 0 unspecified atom stereocenters. The third-order valence-electron chi connectivity index (χ3n) is 3.83. The molecule has 0 spiro atoms. The summed E-state index contributed by atoms with van der Waals surface area (Å²) < 4.78 is 0. The fourth-order valence-corrected chi connectivity index (χ4v) is 2.33. The second-order valence-electron chi connectivity index (χ2n) is 5.39. The Morgan fingerprint density at radius 3 is 2.78 bits per heavy atom. The summed E-state index contributed by atoms with van der Waals surface area (Å²) in [6.07, 6.45) is 4.00. The quantitative estimate of drug-likeness (QED) is 0.577. The van der Waals surface area contributed by atoms with Crippen molar-refractivity contribution in [1.29, 1.82) is 0 Å². The Bertz CT molecular complexity index is 721. The standard InChI is InChI=1S/C16H21N5O2/c1-10-4-5-12(16(22)23)8-15(10)21(18)9-14(17)13-6-7-19-20(3)11(13)2/h4-5,7-9H,6,17-18H2,1-3H3,(H,22,23)/b14-9-. The van der Waals surface area contributed by atoms with Gasteiger partial charge in [-0.1, -0.05) is 6.07 Å². The fourth-order valence-electron chi connectivity index (χ4n) is 2.33. The van der Waals surface area contributed by atoms with Gasteiger partial charge in [0, 0.05) is 37.2 Å². The first kappa shape index (κ1) is 16.6. The molecule has 1 aromatic rings. The van der Waals surface area contributed by atoms with Crippen LogP contribution in [0.1, 0.15) is 29.3 Å². The number of hydrogen-bond donors (Lipinski definition) is 3. The molecule has 0 radical (unpaired) electrons. The van der Waals surface area contributed by atoms with Crippen molar-refractivity contribution in [3.8, 4) is 0 Å². The van der Waals surface area contributed by atoms with E-state index in [-0.39, 0.29) is 5.56 Å².